The lowest BCUT2D eigenvalue weighted by Crippen LogP contribution is -2.40. The lowest BCUT2D eigenvalue weighted by molar-refractivity contribution is -0.159. The van der Waals surface area contributed by atoms with Gasteiger partial charge < -0.3 is 10.2 Å². The van der Waals surface area contributed by atoms with E-state index in [-0.39, 0.29) is 11.8 Å². The number of aliphatic carboxylic acids is 2. The van der Waals surface area contributed by atoms with Crippen LogP contribution in [0.5, 0.6) is 0 Å². The fourth-order valence-electron chi connectivity index (χ4n) is 2.61. The fraction of sp³-hybridized carbons (Fsp3) is 0.818. The Labute approximate surface area is 89.3 Å². The van der Waals surface area contributed by atoms with E-state index >= 15 is 0 Å². The van der Waals surface area contributed by atoms with E-state index in [9.17, 15) is 9.59 Å². The molecule has 1 saturated carbocycles. The molecule has 0 aromatic heterocycles. The van der Waals surface area contributed by atoms with Crippen LogP contribution in [0.1, 0.15) is 33.1 Å². The van der Waals surface area contributed by atoms with Gasteiger partial charge in [0.15, 0.2) is 0 Å². The summed E-state index contributed by atoms with van der Waals surface area (Å²) in [7, 11) is 0. The molecule has 4 nitrogen and oxygen atoms in total. The van der Waals surface area contributed by atoms with Crippen LogP contribution in [-0.4, -0.2) is 22.2 Å². The van der Waals surface area contributed by atoms with E-state index in [2.05, 4.69) is 0 Å². The summed E-state index contributed by atoms with van der Waals surface area (Å²) in [4.78, 5) is 22.1. The Hall–Kier alpha value is -1.06. The van der Waals surface area contributed by atoms with Gasteiger partial charge in [0, 0.05) is 0 Å². The Morgan fingerprint density at radius 2 is 1.73 bits per heavy atom. The van der Waals surface area contributed by atoms with Crippen LogP contribution in [0.3, 0.4) is 0 Å². The molecule has 0 bridgehead atoms. The predicted molar refractivity (Wildman–Crippen MR) is 54.4 cm³/mol. The normalized spacial score (nSPS) is 31.5. The summed E-state index contributed by atoms with van der Waals surface area (Å²) >= 11 is 0. The highest BCUT2D eigenvalue weighted by molar-refractivity contribution is 5.80. The van der Waals surface area contributed by atoms with Gasteiger partial charge in [0.25, 0.3) is 0 Å². The zero-order valence-corrected chi connectivity index (χ0v) is 9.14. The molecule has 0 amide bonds. The first-order chi connectivity index (χ1) is 6.95. The predicted octanol–water partition coefficient (Wildman–Crippen LogP) is 1.84. The average Bonchev–Trinajstić information content (AvgIpc) is 2.16. The van der Waals surface area contributed by atoms with Gasteiger partial charge in [-0.05, 0) is 24.7 Å². The number of hydrogen-bond donors (Lipinski definition) is 2. The van der Waals surface area contributed by atoms with Gasteiger partial charge in [-0.3, -0.25) is 9.59 Å². The Morgan fingerprint density at radius 3 is 2.13 bits per heavy atom. The molecule has 0 spiro atoms. The zero-order chi connectivity index (χ0) is 11.6. The van der Waals surface area contributed by atoms with E-state index in [1.54, 1.807) is 0 Å². The van der Waals surface area contributed by atoms with E-state index in [1.165, 1.54) is 0 Å². The third-order valence-electron chi connectivity index (χ3n) is 3.41. The van der Waals surface area contributed by atoms with Crippen molar-refractivity contribution in [3.63, 3.8) is 0 Å². The van der Waals surface area contributed by atoms with Gasteiger partial charge in [0.1, 0.15) is 0 Å². The molecule has 1 aliphatic carbocycles. The van der Waals surface area contributed by atoms with E-state index in [0.29, 0.717) is 6.42 Å². The van der Waals surface area contributed by atoms with Gasteiger partial charge in [-0.25, -0.2) is 0 Å². The first-order valence-corrected chi connectivity index (χ1v) is 5.40. The van der Waals surface area contributed by atoms with E-state index in [0.717, 1.165) is 12.8 Å². The van der Waals surface area contributed by atoms with Crippen molar-refractivity contribution in [2.24, 2.45) is 23.7 Å². The minimum Gasteiger partial charge on any atom is -0.481 e. The molecule has 1 rings (SSSR count). The maximum Gasteiger partial charge on any atom is 0.307 e. The third-order valence-corrected chi connectivity index (χ3v) is 3.41. The summed E-state index contributed by atoms with van der Waals surface area (Å²) in [6.07, 6.45) is 2.15. The van der Waals surface area contributed by atoms with Crippen molar-refractivity contribution in [1.29, 1.82) is 0 Å². The van der Waals surface area contributed by atoms with E-state index in [1.807, 2.05) is 13.8 Å². The summed E-state index contributed by atoms with van der Waals surface area (Å²) in [5.74, 6) is -3.11. The minimum atomic E-state index is -0.965. The van der Waals surface area contributed by atoms with Crippen LogP contribution in [0, 0.1) is 23.7 Å². The van der Waals surface area contributed by atoms with Crippen LogP contribution in [0.25, 0.3) is 0 Å². The highest BCUT2D eigenvalue weighted by atomic mass is 16.4. The molecule has 1 fully saturated rings. The van der Waals surface area contributed by atoms with Crippen molar-refractivity contribution in [1.82, 2.24) is 0 Å². The molecule has 0 aromatic carbocycles. The maximum atomic E-state index is 11.1. The van der Waals surface area contributed by atoms with Gasteiger partial charge >= 0.3 is 11.9 Å². The molecule has 86 valence electrons. The summed E-state index contributed by atoms with van der Waals surface area (Å²) in [5, 5.41) is 18.1. The molecule has 15 heavy (non-hydrogen) atoms. The number of carboxylic acid groups (broad SMARTS) is 2. The zero-order valence-electron chi connectivity index (χ0n) is 9.14. The first-order valence-electron chi connectivity index (χ1n) is 5.40. The molecule has 0 aliphatic heterocycles. The van der Waals surface area contributed by atoms with Crippen molar-refractivity contribution in [2.75, 3.05) is 0 Å². The lowest BCUT2D eigenvalue weighted by atomic mass is 9.68. The summed E-state index contributed by atoms with van der Waals surface area (Å²) in [6.45, 7) is 3.93. The largest absolute Gasteiger partial charge is 0.481 e. The second kappa shape index (κ2) is 4.64. The highest BCUT2D eigenvalue weighted by Crippen LogP contribution is 2.39. The summed E-state index contributed by atoms with van der Waals surface area (Å²) in [5.41, 5.74) is 0. The lowest BCUT2D eigenvalue weighted by Gasteiger charge is -2.35. The molecule has 0 saturated heterocycles. The molecule has 0 aromatic rings. The van der Waals surface area contributed by atoms with E-state index in [4.69, 9.17) is 10.2 Å². The Morgan fingerprint density at radius 1 is 1.13 bits per heavy atom. The third kappa shape index (κ3) is 2.49. The second-order valence-corrected chi connectivity index (χ2v) is 4.65. The Bertz CT molecular complexity index is 259. The topological polar surface area (TPSA) is 74.6 Å². The fourth-order valence-corrected chi connectivity index (χ4v) is 2.61. The molecule has 4 heteroatoms. The van der Waals surface area contributed by atoms with Crippen molar-refractivity contribution >= 4 is 11.9 Å². The number of hydrogen-bond acceptors (Lipinski definition) is 2. The maximum absolute atomic E-state index is 11.1. The minimum absolute atomic E-state index is 0.00245. The summed E-state index contributed by atoms with van der Waals surface area (Å²) < 4.78 is 0. The number of rotatable bonds is 3. The first kappa shape index (κ1) is 12.0. The molecule has 2 N–H and O–H groups in total. The monoisotopic (exact) mass is 214 g/mol. The van der Waals surface area contributed by atoms with Gasteiger partial charge in [0.05, 0.1) is 11.8 Å². The molecule has 0 radical (unpaired) electrons. The molecular weight excluding hydrogens is 196 g/mol. The average molecular weight is 214 g/mol. The van der Waals surface area contributed by atoms with Crippen LogP contribution in [0.15, 0.2) is 0 Å². The van der Waals surface area contributed by atoms with Gasteiger partial charge in [-0.2, -0.15) is 0 Å². The Kier molecular flexibility index (Phi) is 3.72. The molecule has 3 atom stereocenters. The van der Waals surface area contributed by atoms with Crippen molar-refractivity contribution in [3.8, 4) is 0 Å². The molecule has 1 aliphatic rings. The molecule has 3 unspecified atom stereocenters. The van der Waals surface area contributed by atoms with Crippen molar-refractivity contribution in [3.05, 3.63) is 0 Å². The number of carbonyl (C=O) groups is 2. The smallest absolute Gasteiger partial charge is 0.307 e. The van der Waals surface area contributed by atoms with Crippen LogP contribution in [0.2, 0.25) is 0 Å². The van der Waals surface area contributed by atoms with Crippen molar-refractivity contribution < 1.29 is 19.8 Å². The van der Waals surface area contributed by atoms with Gasteiger partial charge in [0.2, 0.25) is 0 Å². The van der Waals surface area contributed by atoms with Gasteiger partial charge in [-0.15, -0.1) is 0 Å². The van der Waals surface area contributed by atoms with Gasteiger partial charge in [-0.1, -0.05) is 20.3 Å². The van der Waals surface area contributed by atoms with Crippen LogP contribution in [0.4, 0.5) is 0 Å². The SMILES string of the molecule is CC(C)C1CCCC(C(=O)O)C1C(=O)O. The van der Waals surface area contributed by atoms with E-state index < -0.39 is 23.8 Å². The Balaban J connectivity index is 2.90. The summed E-state index contributed by atoms with van der Waals surface area (Å²) in [6, 6.07) is 0. The standard InChI is InChI=1S/C11H18O4/c1-6(2)7-4-3-5-8(10(12)13)9(7)11(14)15/h6-9H,3-5H2,1-2H3,(H,12,13)(H,14,15). The van der Waals surface area contributed by atoms with Crippen LogP contribution < -0.4 is 0 Å². The quantitative estimate of drug-likeness (QED) is 0.751. The second-order valence-electron chi connectivity index (χ2n) is 4.65. The van der Waals surface area contributed by atoms with Crippen molar-refractivity contribution in [2.45, 2.75) is 33.1 Å². The number of carboxylic acids is 2. The van der Waals surface area contributed by atoms with Crippen LogP contribution >= 0.6 is 0 Å². The molecule has 0 heterocycles. The molecular formula is C11H18O4. The highest BCUT2D eigenvalue weighted by Gasteiger charge is 2.43. The van der Waals surface area contributed by atoms with Crippen LogP contribution in [-0.2, 0) is 9.59 Å².